The third kappa shape index (κ3) is 6.94. The van der Waals surface area contributed by atoms with Crippen LogP contribution in [0.1, 0.15) is 28.9 Å². The summed E-state index contributed by atoms with van der Waals surface area (Å²) in [6, 6.07) is 15.7. The van der Waals surface area contributed by atoms with E-state index in [0.29, 0.717) is 16.6 Å². The number of hydrogen-bond donors (Lipinski definition) is 1. The summed E-state index contributed by atoms with van der Waals surface area (Å²) < 4.78 is 7.31. The van der Waals surface area contributed by atoms with E-state index >= 15 is 0 Å². The fourth-order valence-corrected chi connectivity index (χ4v) is 5.09. The van der Waals surface area contributed by atoms with Gasteiger partial charge in [0.15, 0.2) is 0 Å². The van der Waals surface area contributed by atoms with Crippen molar-refractivity contribution in [2.45, 2.75) is 19.8 Å². The van der Waals surface area contributed by atoms with Crippen LogP contribution in [0.4, 0.5) is 5.69 Å². The monoisotopic (exact) mass is 564 g/mol. The topological polar surface area (TPSA) is 49.7 Å². The zero-order chi connectivity index (χ0) is 25.7. The number of halogens is 3. The molecule has 4 rings (SSSR count). The lowest BCUT2D eigenvalue weighted by Gasteiger charge is -2.36. The van der Waals surface area contributed by atoms with E-state index in [0.717, 1.165) is 79.5 Å². The van der Waals surface area contributed by atoms with Gasteiger partial charge in [0.25, 0.3) is 5.91 Å². The van der Waals surface area contributed by atoms with Gasteiger partial charge in [0, 0.05) is 51.2 Å². The average Bonchev–Trinajstić information content (AvgIpc) is 3.20. The molecule has 0 radical (unpaired) electrons. The van der Waals surface area contributed by atoms with Crippen molar-refractivity contribution in [1.82, 2.24) is 14.8 Å². The molecule has 37 heavy (non-hydrogen) atoms. The minimum atomic E-state index is -0.0186. The Morgan fingerprint density at radius 1 is 1.03 bits per heavy atom. The van der Waals surface area contributed by atoms with Crippen LogP contribution in [0.3, 0.4) is 0 Å². The van der Waals surface area contributed by atoms with E-state index in [-0.39, 0.29) is 18.3 Å². The van der Waals surface area contributed by atoms with Crippen molar-refractivity contribution >= 4 is 47.2 Å². The molecule has 1 aliphatic rings. The number of methoxy groups -OCH3 is 1. The molecule has 0 saturated carbocycles. The summed E-state index contributed by atoms with van der Waals surface area (Å²) in [6.07, 6.45) is 1.99. The van der Waals surface area contributed by atoms with Crippen molar-refractivity contribution in [2.75, 3.05) is 51.3 Å². The van der Waals surface area contributed by atoms with Crippen molar-refractivity contribution in [1.29, 1.82) is 0 Å². The second-order valence-corrected chi connectivity index (χ2v) is 9.97. The summed E-state index contributed by atoms with van der Waals surface area (Å²) in [5.41, 5.74) is 4.75. The van der Waals surface area contributed by atoms with Crippen LogP contribution in [0.25, 0.3) is 11.3 Å². The second kappa shape index (κ2) is 13.4. The van der Waals surface area contributed by atoms with E-state index in [4.69, 9.17) is 27.9 Å². The van der Waals surface area contributed by atoms with Crippen molar-refractivity contribution in [3.05, 3.63) is 69.8 Å². The Morgan fingerprint density at radius 2 is 1.73 bits per heavy atom. The van der Waals surface area contributed by atoms with Crippen LogP contribution in [-0.2, 0) is 7.05 Å². The number of amides is 1. The Hall–Kier alpha value is -2.38. The number of nitrogens with one attached hydrogen (secondary N) is 1. The molecule has 0 unspecified atom stereocenters. The minimum absolute atomic E-state index is 0. The molecule has 1 amide bonds. The van der Waals surface area contributed by atoms with Crippen molar-refractivity contribution in [3.63, 3.8) is 0 Å². The summed E-state index contributed by atoms with van der Waals surface area (Å²) in [6.45, 7) is 7.53. The molecule has 1 N–H and O–H groups in total. The molecular weight excluding hydrogens is 531 g/mol. The quantitative estimate of drug-likeness (QED) is 0.320. The van der Waals surface area contributed by atoms with E-state index < -0.39 is 0 Å². The summed E-state index contributed by atoms with van der Waals surface area (Å²) in [4.78, 5) is 17.6. The highest BCUT2D eigenvalue weighted by atomic mass is 35.5. The molecule has 2 heterocycles. The van der Waals surface area contributed by atoms with Gasteiger partial charge >= 0.3 is 0 Å². The molecule has 0 spiro atoms. The van der Waals surface area contributed by atoms with E-state index in [9.17, 15) is 4.79 Å². The van der Waals surface area contributed by atoms with Gasteiger partial charge in [0.05, 0.1) is 28.4 Å². The predicted molar refractivity (Wildman–Crippen MR) is 156 cm³/mol. The van der Waals surface area contributed by atoms with Gasteiger partial charge in [-0.25, -0.2) is 0 Å². The molecule has 0 bridgehead atoms. The lowest BCUT2D eigenvalue weighted by Crippen LogP contribution is -2.46. The molecule has 1 aromatic heterocycles. The van der Waals surface area contributed by atoms with Gasteiger partial charge in [-0.15, -0.1) is 12.4 Å². The Balaban J connectivity index is 0.00000380. The van der Waals surface area contributed by atoms with Gasteiger partial charge in [-0.3, -0.25) is 9.69 Å². The fourth-order valence-electron chi connectivity index (χ4n) is 4.67. The van der Waals surface area contributed by atoms with Crippen LogP contribution in [0.5, 0.6) is 5.75 Å². The third-order valence-electron chi connectivity index (χ3n) is 7.00. The number of anilines is 1. The van der Waals surface area contributed by atoms with Gasteiger partial charge < -0.3 is 19.5 Å². The van der Waals surface area contributed by atoms with E-state index in [1.54, 1.807) is 7.11 Å². The maximum absolute atomic E-state index is 12.9. The van der Waals surface area contributed by atoms with Gasteiger partial charge in [0.2, 0.25) is 0 Å². The predicted octanol–water partition coefficient (Wildman–Crippen LogP) is 6.07. The van der Waals surface area contributed by atoms with Gasteiger partial charge in [-0.05, 0) is 74.3 Å². The van der Waals surface area contributed by atoms with Crippen molar-refractivity contribution in [2.24, 2.45) is 7.05 Å². The summed E-state index contributed by atoms with van der Waals surface area (Å²) in [5.74, 6) is 0.796. The molecule has 1 fully saturated rings. The summed E-state index contributed by atoms with van der Waals surface area (Å²) >= 11 is 12.6. The molecule has 9 heteroatoms. The maximum Gasteiger partial charge on any atom is 0.253 e. The summed E-state index contributed by atoms with van der Waals surface area (Å²) in [7, 11) is 3.65. The first-order valence-corrected chi connectivity index (χ1v) is 13.1. The van der Waals surface area contributed by atoms with Gasteiger partial charge in [-0.1, -0.05) is 29.3 Å². The first-order chi connectivity index (χ1) is 17.4. The molecule has 1 aliphatic heterocycles. The molecule has 6 nitrogen and oxygen atoms in total. The number of hydrogen-bond acceptors (Lipinski definition) is 4. The Morgan fingerprint density at radius 3 is 2.41 bits per heavy atom. The first kappa shape index (κ1) is 29.2. The number of nitrogens with zero attached hydrogens (tertiary/aromatic N) is 3. The molecular formula is C28H35Cl3N4O2. The standard InChI is InChI=1S/C28H34Cl2N4O2.ClH/c1-20-23(19-26(32(20)2)21-9-11-22(36-3)12-10-21)28(35)31-13-4-5-14-33-15-17-34(18-16-33)25-8-6-7-24(29)27(25)30;/h6-12,19H,4-5,13-18H2,1-3H3,(H,31,35);1H. The fraction of sp³-hybridized carbons (Fsp3) is 0.393. The SMILES string of the molecule is COc1ccc(-c2cc(C(=O)NCCCCN3CCN(c4cccc(Cl)c4Cl)CC3)c(C)n2C)cc1.Cl. The van der Waals surface area contributed by atoms with E-state index in [1.807, 2.05) is 62.5 Å². The minimum Gasteiger partial charge on any atom is -0.497 e. The number of benzene rings is 2. The van der Waals surface area contributed by atoms with Gasteiger partial charge in [-0.2, -0.15) is 0 Å². The Bertz CT molecular complexity index is 1190. The highest BCUT2D eigenvalue weighted by Gasteiger charge is 2.20. The number of aromatic nitrogens is 1. The molecule has 1 saturated heterocycles. The lowest BCUT2D eigenvalue weighted by molar-refractivity contribution is 0.0952. The van der Waals surface area contributed by atoms with Crippen LogP contribution in [-0.4, -0.2) is 61.8 Å². The van der Waals surface area contributed by atoms with Crippen LogP contribution in [0, 0.1) is 6.92 Å². The highest BCUT2D eigenvalue weighted by molar-refractivity contribution is 6.43. The smallest absolute Gasteiger partial charge is 0.253 e. The number of carbonyl (C=O) groups excluding carboxylic acids is 1. The zero-order valence-corrected chi connectivity index (χ0v) is 23.9. The summed E-state index contributed by atoms with van der Waals surface area (Å²) in [5, 5.41) is 4.33. The van der Waals surface area contributed by atoms with Crippen LogP contribution >= 0.6 is 35.6 Å². The molecule has 2 aromatic carbocycles. The third-order valence-corrected chi connectivity index (χ3v) is 7.81. The van der Waals surface area contributed by atoms with E-state index in [2.05, 4.69) is 19.7 Å². The molecule has 3 aromatic rings. The molecule has 0 atom stereocenters. The van der Waals surface area contributed by atoms with Crippen LogP contribution in [0.15, 0.2) is 48.5 Å². The number of ether oxygens (including phenoxy) is 1. The first-order valence-electron chi connectivity index (χ1n) is 12.4. The van der Waals surface area contributed by atoms with Crippen LogP contribution < -0.4 is 15.0 Å². The Labute approximate surface area is 235 Å². The van der Waals surface area contributed by atoms with E-state index in [1.165, 1.54) is 0 Å². The molecule has 0 aliphatic carbocycles. The average molecular weight is 566 g/mol. The number of rotatable bonds is 9. The largest absolute Gasteiger partial charge is 0.497 e. The molecule has 200 valence electrons. The number of unbranched alkanes of at least 4 members (excludes halogenated alkanes) is 1. The van der Waals surface area contributed by atoms with Crippen LogP contribution in [0.2, 0.25) is 10.0 Å². The Kier molecular flexibility index (Phi) is 10.6. The second-order valence-electron chi connectivity index (χ2n) is 9.18. The van der Waals surface area contributed by atoms with Crippen molar-refractivity contribution in [3.8, 4) is 17.0 Å². The number of carbonyl (C=O) groups is 1. The zero-order valence-electron chi connectivity index (χ0n) is 21.6. The lowest BCUT2D eigenvalue weighted by atomic mass is 10.1. The highest BCUT2D eigenvalue weighted by Crippen LogP contribution is 2.33. The number of piperazine rings is 1. The van der Waals surface area contributed by atoms with Gasteiger partial charge in [0.1, 0.15) is 5.75 Å². The van der Waals surface area contributed by atoms with Crippen molar-refractivity contribution < 1.29 is 9.53 Å². The maximum atomic E-state index is 12.9. The normalized spacial score (nSPS) is 13.8.